The summed E-state index contributed by atoms with van der Waals surface area (Å²) in [7, 11) is 1.82. The molecule has 0 aromatic heterocycles. The monoisotopic (exact) mass is 134 g/mol. The highest BCUT2D eigenvalue weighted by atomic mass is 19.0. The van der Waals surface area contributed by atoms with Gasteiger partial charge in [0.25, 0.3) is 0 Å². The Hall–Kier alpha value is -0.110. The molecule has 0 amide bonds. The highest BCUT2D eigenvalue weighted by Gasteiger charge is 2.10. The third-order valence-corrected chi connectivity index (χ3v) is 1.89. The van der Waals surface area contributed by atoms with Gasteiger partial charge in [0.15, 0.2) is 0 Å². The lowest BCUT2D eigenvalue weighted by Crippen LogP contribution is -2.13. The summed E-state index contributed by atoms with van der Waals surface area (Å²) in [5, 5.41) is 0. The molecule has 0 heterocycles. The van der Waals surface area contributed by atoms with E-state index in [0.717, 1.165) is 0 Å². The second kappa shape index (κ2) is 4.74. The number of methoxy groups -OCH3 is 1. The highest BCUT2D eigenvalue weighted by molar-refractivity contribution is 4.63. The first-order valence-electron chi connectivity index (χ1n) is 3.46. The van der Waals surface area contributed by atoms with Crippen molar-refractivity contribution in [3.8, 4) is 0 Å². The van der Waals surface area contributed by atoms with Gasteiger partial charge in [0.1, 0.15) is 0 Å². The topological polar surface area (TPSA) is 9.23 Å². The number of halogens is 1. The molecule has 0 saturated heterocycles. The van der Waals surface area contributed by atoms with E-state index in [0.29, 0.717) is 6.10 Å². The normalized spacial score (nSPS) is 21.0. The molecule has 0 atom stereocenters. The van der Waals surface area contributed by atoms with Crippen LogP contribution in [0.25, 0.3) is 0 Å². The molecular weight excluding hydrogens is 119 g/mol. The van der Waals surface area contributed by atoms with E-state index in [9.17, 15) is 0 Å². The third kappa shape index (κ3) is 2.80. The smallest absolute Gasteiger partial charge is 0.0571 e. The number of rotatable bonds is 1. The summed E-state index contributed by atoms with van der Waals surface area (Å²) in [4.78, 5) is 0. The number of hydrogen-bond donors (Lipinski definition) is 0. The minimum Gasteiger partial charge on any atom is -0.381 e. The van der Waals surface area contributed by atoms with Crippen LogP contribution in [0.4, 0.5) is 4.70 Å². The molecule has 0 unspecified atom stereocenters. The van der Waals surface area contributed by atoms with Gasteiger partial charge in [-0.15, -0.1) is 0 Å². The van der Waals surface area contributed by atoms with Crippen LogP contribution in [-0.2, 0) is 4.74 Å². The van der Waals surface area contributed by atoms with E-state index in [1.54, 1.807) is 0 Å². The molecule has 1 rings (SSSR count). The Morgan fingerprint density at radius 1 is 1.11 bits per heavy atom. The molecule has 0 radical (unpaired) electrons. The van der Waals surface area contributed by atoms with Crippen molar-refractivity contribution in [1.29, 1.82) is 0 Å². The second-order valence-electron chi connectivity index (χ2n) is 2.50. The minimum atomic E-state index is 0. The first-order valence-corrected chi connectivity index (χ1v) is 3.46. The average molecular weight is 134 g/mol. The molecule has 0 aromatic rings. The second-order valence-corrected chi connectivity index (χ2v) is 2.50. The van der Waals surface area contributed by atoms with Gasteiger partial charge in [-0.25, -0.2) is 0 Å². The maximum atomic E-state index is 5.19. The van der Waals surface area contributed by atoms with Gasteiger partial charge in [-0.2, -0.15) is 0 Å². The molecule has 9 heavy (non-hydrogen) atoms. The van der Waals surface area contributed by atoms with Crippen molar-refractivity contribution in [2.45, 2.75) is 38.2 Å². The largest absolute Gasteiger partial charge is 0.381 e. The molecule has 1 aliphatic carbocycles. The Balaban J connectivity index is 0.000000640. The molecule has 1 fully saturated rings. The Bertz CT molecular complexity index is 59.9. The van der Waals surface area contributed by atoms with Crippen LogP contribution in [0.5, 0.6) is 0 Å². The standard InChI is InChI=1S/C7H14O.FH/c1-8-7-5-3-2-4-6-7;/h7H,2-6H2,1H3;1H. The summed E-state index contributed by atoms with van der Waals surface area (Å²) >= 11 is 0. The highest BCUT2D eigenvalue weighted by Crippen LogP contribution is 2.18. The van der Waals surface area contributed by atoms with Crippen LogP contribution in [0.15, 0.2) is 0 Å². The fourth-order valence-electron chi connectivity index (χ4n) is 1.30. The summed E-state index contributed by atoms with van der Waals surface area (Å²) < 4.78 is 5.19. The summed E-state index contributed by atoms with van der Waals surface area (Å²) in [6.07, 6.45) is 7.33. The van der Waals surface area contributed by atoms with Crippen LogP contribution in [0, 0.1) is 0 Å². The molecule has 2 heteroatoms. The van der Waals surface area contributed by atoms with Crippen LogP contribution < -0.4 is 0 Å². The molecule has 0 N–H and O–H groups in total. The predicted molar refractivity (Wildman–Crippen MR) is 36.4 cm³/mol. The molecule has 1 saturated carbocycles. The summed E-state index contributed by atoms with van der Waals surface area (Å²) in [5.74, 6) is 0. The predicted octanol–water partition coefficient (Wildman–Crippen LogP) is 2.12. The van der Waals surface area contributed by atoms with E-state index >= 15 is 0 Å². The van der Waals surface area contributed by atoms with Crippen molar-refractivity contribution in [3.05, 3.63) is 0 Å². The van der Waals surface area contributed by atoms with Crippen molar-refractivity contribution >= 4 is 0 Å². The Labute approximate surface area is 55.8 Å². The van der Waals surface area contributed by atoms with Crippen LogP contribution >= 0.6 is 0 Å². The molecule has 0 spiro atoms. The number of ether oxygens (including phenoxy) is 1. The van der Waals surface area contributed by atoms with Crippen LogP contribution in [-0.4, -0.2) is 13.2 Å². The van der Waals surface area contributed by atoms with Crippen molar-refractivity contribution in [2.24, 2.45) is 0 Å². The molecule has 0 aromatic carbocycles. The Morgan fingerprint density at radius 3 is 2.00 bits per heavy atom. The average Bonchev–Trinajstić information content (AvgIpc) is 1.90. The lowest BCUT2D eigenvalue weighted by Gasteiger charge is -2.19. The van der Waals surface area contributed by atoms with Gasteiger partial charge in [0, 0.05) is 7.11 Å². The van der Waals surface area contributed by atoms with E-state index in [1.807, 2.05) is 7.11 Å². The van der Waals surface area contributed by atoms with Crippen LogP contribution in [0.3, 0.4) is 0 Å². The first-order chi connectivity index (χ1) is 3.93. The molecule has 0 bridgehead atoms. The summed E-state index contributed by atoms with van der Waals surface area (Å²) in [6, 6.07) is 0. The van der Waals surface area contributed by atoms with Gasteiger partial charge in [-0.05, 0) is 12.8 Å². The van der Waals surface area contributed by atoms with Gasteiger partial charge >= 0.3 is 0 Å². The number of hydrogen-bond acceptors (Lipinski definition) is 1. The fourth-order valence-corrected chi connectivity index (χ4v) is 1.30. The van der Waals surface area contributed by atoms with E-state index in [2.05, 4.69) is 0 Å². The van der Waals surface area contributed by atoms with Gasteiger partial charge in [-0.1, -0.05) is 19.3 Å². The molecule has 1 aliphatic rings. The lowest BCUT2D eigenvalue weighted by molar-refractivity contribution is 0.0710. The van der Waals surface area contributed by atoms with E-state index in [4.69, 9.17) is 4.74 Å². The van der Waals surface area contributed by atoms with Gasteiger partial charge in [0.2, 0.25) is 0 Å². The van der Waals surface area contributed by atoms with Gasteiger partial charge in [0.05, 0.1) is 6.10 Å². The summed E-state index contributed by atoms with van der Waals surface area (Å²) in [5.41, 5.74) is 0. The van der Waals surface area contributed by atoms with Crippen LogP contribution in [0.2, 0.25) is 0 Å². The summed E-state index contributed by atoms with van der Waals surface area (Å²) in [6.45, 7) is 0. The van der Waals surface area contributed by atoms with Crippen molar-refractivity contribution in [1.82, 2.24) is 0 Å². The zero-order valence-electron chi connectivity index (χ0n) is 5.93. The van der Waals surface area contributed by atoms with Gasteiger partial charge < -0.3 is 4.74 Å². The zero-order valence-corrected chi connectivity index (χ0v) is 5.93. The quantitative estimate of drug-likeness (QED) is 0.533. The maximum absolute atomic E-state index is 5.19. The fraction of sp³-hybridized carbons (Fsp3) is 1.00. The minimum absolute atomic E-state index is 0. The Kier molecular flexibility index (Phi) is 4.68. The lowest BCUT2D eigenvalue weighted by atomic mass is 9.98. The van der Waals surface area contributed by atoms with Crippen molar-refractivity contribution < 1.29 is 9.44 Å². The third-order valence-electron chi connectivity index (χ3n) is 1.89. The van der Waals surface area contributed by atoms with E-state index < -0.39 is 0 Å². The SMILES string of the molecule is COC1CCCCC1.F. The molecular formula is C7H15FO. The van der Waals surface area contributed by atoms with Crippen LogP contribution in [0.1, 0.15) is 32.1 Å². The Morgan fingerprint density at radius 2 is 1.67 bits per heavy atom. The zero-order chi connectivity index (χ0) is 5.82. The van der Waals surface area contributed by atoms with E-state index in [1.165, 1.54) is 32.1 Å². The van der Waals surface area contributed by atoms with Gasteiger partial charge in [-0.3, -0.25) is 4.70 Å². The van der Waals surface area contributed by atoms with Crippen molar-refractivity contribution in [3.63, 3.8) is 0 Å². The van der Waals surface area contributed by atoms with E-state index in [-0.39, 0.29) is 4.70 Å². The molecule has 56 valence electrons. The molecule has 1 nitrogen and oxygen atoms in total. The first kappa shape index (κ1) is 8.89. The maximum Gasteiger partial charge on any atom is 0.0571 e. The molecule has 0 aliphatic heterocycles. The van der Waals surface area contributed by atoms with Crippen molar-refractivity contribution in [2.75, 3.05) is 7.11 Å².